The van der Waals surface area contributed by atoms with Crippen molar-refractivity contribution in [2.45, 2.75) is 13.0 Å². The Morgan fingerprint density at radius 2 is 2.05 bits per heavy atom. The van der Waals surface area contributed by atoms with Crippen LogP contribution in [0.15, 0.2) is 54.9 Å². The molecule has 0 bridgehead atoms. The Labute approximate surface area is 121 Å². The molecule has 2 aromatic heterocycles. The second-order valence-electron chi connectivity index (χ2n) is 4.74. The van der Waals surface area contributed by atoms with Crippen molar-refractivity contribution in [3.8, 4) is 5.75 Å². The highest BCUT2D eigenvalue weighted by Crippen LogP contribution is 2.19. The molecule has 0 fully saturated rings. The summed E-state index contributed by atoms with van der Waals surface area (Å²) in [4.78, 5) is 15.8. The zero-order valence-corrected chi connectivity index (χ0v) is 11.4. The van der Waals surface area contributed by atoms with Crippen LogP contribution in [0.3, 0.4) is 0 Å². The molecule has 3 rings (SSSR count). The highest BCUT2D eigenvalue weighted by molar-refractivity contribution is 5.91. The Bertz CT molecular complexity index is 780. The number of amides is 1. The van der Waals surface area contributed by atoms with Crippen molar-refractivity contribution in [1.82, 2.24) is 9.55 Å². The van der Waals surface area contributed by atoms with Crippen LogP contribution in [0.4, 0.5) is 5.82 Å². The molecule has 0 aliphatic heterocycles. The number of carbonyl (C=O) groups is 1. The van der Waals surface area contributed by atoms with Crippen molar-refractivity contribution in [1.29, 1.82) is 0 Å². The number of hydrogen-bond donors (Lipinski definition) is 2. The highest BCUT2D eigenvalue weighted by Gasteiger charge is 2.08. The van der Waals surface area contributed by atoms with Gasteiger partial charge in [0, 0.05) is 30.9 Å². The molecule has 21 heavy (non-hydrogen) atoms. The number of aromatic nitrogens is 2. The number of aryl methyl sites for hydroxylation is 1. The number of nitrogens with one attached hydrogen (secondary N) is 1. The third-order valence-electron chi connectivity index (χ3n) is 3.30. The first-order valence-electron chi connectivity index (χ1n) is 6.72. The van der Waals surface area contributed by atoms with Crippen molar-refractivity contribution >= 4 is 22.6 Å². The van der Waals surface area contributed by atoms with Gasteiger partial charge in [-0.05, 0) is 29.7 Å². The van der Waals surface area contributed by atoms with Crippen LogP contribution in [0.1, 0.15) is 6.42 Å². The minimum atomic E-state index is -0.179. The molecule has 1 aromatic carbocycles. The highest BCUT2D eigenvalue weighted by atomic mass is 16.3. The molecule has 0 unspecified atom stereocenters. The molecule has 0 aliphatic carbocycles. The van der Waals surface area contributed by atoms with Gasteiger partial charge in [0.25, 0.3) is 0 Å². The third-order valence-corrected chi connectivity index (χ3v) is 3.30. The molecule has 0 atom stereocenters. The minimum Gasteiger partial charge on any atom is -0.504 e. The Kier molecular flexibility index (Phi) is 3.55. The minimum absolute atomic E-state index is 0.0303. The average Bonchev–Trinajstić information content (AvgIpc) is 2.91. The van der Waals surface area contributed by atoms with E-state index in [9.17, 15) is 9.90 Å². The Morgan fingerprint density at radius 1 is 1.19 bits per heavy atom. The van der Waals surface area contributed by atoms with E-state index in [2.05, 4.69) is 10.3 Å². The molecule has 2 N–H and O–H groups in total. The van der Waals surface area contributed by atoms with Crippen molar-refractivity contribution < 1.29 is 9.90 Å². The van der Waals surface area contributed by atoms with Crippen LogP contribution in [0.2, 0.25) is 0 Å². The van der Waals surface area contributed by atoms with Gasteiger partial charge in [-0.2, -0.15) is 0 Å². The summed E-state index contributed by atoms with van der Waals surface area (Å²) in [5.74, 6) is -0.0149. The fourth-order valence-electron chi connectivity index (χ4n) is 2.25. The van der Waals surface area contributed by atoms with E-state index in [4.69, 9.17) is 0 Å². The predicted molar refractivity (Wildman–Crippen MR) is 81.1 cm³/mol. The largest absolute Gasteiger partial charge is 0.504 e. The smallest absolute Gasteiger partial charge is 0.227 e. The molecule has 5 heteroatoms. The Balaban J connectivity index is 1.65. The van der Waals surface area contributed by atoms with Crippen molar-refractivity contribution in [2.24, 2.45) is 0 Å². The first-order chi connectivity index (χ1) is 10.2. The van der Waals surface area contributed by atoms with Gasteiger partial charge in [0.05, 0.1) is 0 Å². The van der Waals surface area contributed by atoms with Gasteiger partial charge in [0.2, 0.25) is 5.91 Å². The van der Waals surface area contributed by atoms with Crippen LogP contribution >= 0.6 is 0 Å². The molecule has 106 valence electrons. The number of fused-ring (bicyclic) bond motifs is 1. The molecule has 3 aromatic rings. The molecular weight excluding hydrogens is 266 g/mol. The zero-order chi connectivity index (χ0) is 14.7. The lowest BCUT2D eigenvalue weighted by Gasteiger charge is -2.07. The normalized spacial score (nSPS) is 10.7. The van der Waals surface area contributed by atoms with Gasteiger partial charge in [-0.3, -0.25) is 4.79 Å². The summed E-state index contributed by atoms with van der Waals surface area (Å²) in [5.41, 5.74) is 1.10. The number of aromatic hydroxyl groups is 1. The number of rotatable bonds is 4. The van der Waals surface area contributed by atoms with Crippen LogP contribution in [0.5, 0.6) is 5.75 Å². The number of hydrogen-bond acceptors (Lipinski definition) is 3. The molecule has 0 radical (unpaired) electrons. The van der Waals surface area contributed by atoms with E-state index in [1.807, 2.05) is 41.1 Å². The summed E-state index contributed by atoms with van der Waals surface area (Å²) < 4.78 is 2.03. The van der Waals surface area contributed by atoms with E-state index in [1.165, 1.54) is 12.3 Å². The molecule has 0 spiro atoms. The third kappa shape index (κ3) is 2.86. The molecule has 0 saturated carbocycles. The average molecular weight is 281 g/mol. The van der Waals surface area contributed by atoms with Crippen molar-refractivity contribution in [3.05, 3.63) is 54.9 Å². The van der Waals surface area contributed by atoms with Crippen LogP contribution in [0, 0.1) is 0 Å². The summed E-state index contributed by atoms with van der Waals surface area (Å²) in [6, 6.07) is 13.2. The number of para-hydroxylation sites is 1. The van der Waals surface area contributed by atoms with Gasteiger partial charge in [0.15, 0.2) is 11.6 Å². The van der Waals surface area contributed by atoms with Gasteiger partial charge >= 0.3 is 0 Å². The van der Waals surface area contributed by atoms with Gasteiger partial charge in [-0.1, -0.05) is 18.2 Å². The first-order valence-corrected chi connectivity index (χ1v) is 6.72. The second-order valence-corrected chi connectivity index (χ2v) is 4.74. The van der Waals surface area contributed by atoms with Gasteiger partial charge in [0.1, 0.15) is 0 Å². The number of pyridine rings is 1. The zero-order valence-electron chi connectivity index (χ0n) is 11.4. The molecular formula is C16H15N3O2. The van der Waals surface area contributed by atoms with E-state index in [0.717, 1.165) is 10.9 Å². The molecule has 2 heterocycles. The fraction of sp³-hybridized carbons (Fsp3) is 0.125. The van der Waals surface area contributed by atoms with E-state index >= 15 is 0 Å². The topological polar surface area (TPSA) is 67.2 Å². The van der Waals surface area contributed by atoms with Gasteiger partial charge in [-0.25, -0.2) is 4.98 Å². The maximum atomic E-state index is 11.9. The number of nitrogens with zero attached hydrogens (tertiary/aromatic N) is 2. The van der Waals surface area contributed by atoms with Crippen LogP contribution < -0.4 is 5.32 Å². The van der Waals surface area contributed by atoms with Crippen molar-refractivity contribution in [3.63, 3.8) is 0 Å². The lowest BCUT2D eigenvalue weighted by atomic mass is 10.2. The maximum absolute atomic E-state index is 11.9. The molecule has 5 nitrogen and oxygen atoms in total. The van der Waals surface area contributed by atoms with E-state index in [-0.39, 0.29) is 17.5 Å². The molecule has 0 aliphatic rings. The monoisotopic (exact) mass is 281 g/mol. The number of benzene rings is 1. The first kappa shape index (κ1) is 13.2. The lowest BCUT2D eigenvalue weighted by molar-refractivity contribution is -0.116. The standard InChI is InChI=1S/C16H15N3O2/c20-14-6-3-9-17-16(14)18-15(21)8-11-19-10-7-12-4-1-2-5-13(12)19/h1-7,9-10,20H,8,11H2,(H,17,18,21). The molecule has 1 amide bonds. The summed E-state index contributed by atoms with van der Waals surface area (Å²) in [7, 11) is 0. The van der Waals surface area contributed by atoms with E-state index < -0.39 is 0 Å². The summed E-state index contributed by atoms with van der Waals surface area (Å²) in [6.45, 7) is 0.576. The summed E-state index contributed by atoms with van der Waals surface area (Å²) in [5, 5.41) is 13.3. The summed E-state index contributed by atoms with van der Waals surface area (Å²) >= 11 is 0. The van der Waals surface area contributed by atoms with Gasteiger partial charge in [-0.15, -0.1) is 0 Å². The Morgan fingerprint density at radius 3 is 2.90 bits per heavy atom. The van der Waals surface area contributed by atoms with E-state index in [0.29, 0.717) is 13.0 Å². The van der Waals surface area contributed by atoms with Crippen LogP contribution in [-0.2, 0) is 11.3 Å². The number of anilines is 1. The maximum Gasteiger partial charge on any atom is 0.227 e. The molecule has 0 saturated heterocycles. The second kappa shape index (κ2) is 5.66. The Hall–Kier alpha value is -2.82. The van der Waals surface area contributed by atoms with Crippen LogP contribution in [0.25, 0.3) is 10.9 Å². The van der Waals surface area contributed by atoms with Gasteiger partial charge < -0.3 is 15.0 Å². The lowest BCUT2D eigenvalue weighted by Crippen LogP contribution is -2.15. The number of carbonyl (C=O) groups excluding carboxylic acids is 1. The quantitative estimate of drug-likeness (QED) is 0.772. The van der Waals surface area contributed by atoms with Crippen molar-refractivity contribution in [2.75, 3.05) is 5.32 Å². The fourth-order valence-corrected chi connectivity index (χ4v) is 2.25. The van der Waals surface area contributed by atoms with Crippen LogP contribution in [-0.4, -0.2) is 20.6 Å². The predicted octanol–water partition coefficient (Wildman–Crippen LogP) is 2.77. The van der Waals surface area contributed by atoms with E-state index in [1.54, 1.807) is 6.07 Å². The SMILES string of the molecule is O=C(CCn1ccc2ccccc21)Nc1ncccc1O. The summed E-state index contributed by atoms with van der Waals surface area (Å²) in [6.07, 6.45) is 3.81.